The minimum absolute atomic E-state index is 0.864. The van der Waals surface area contributed by atoms with Crippen LogP contribution >= 0.6 is 23.6 Å². The maximum absolute atomic E-state index is 5.33. The average molecular weight is 236 g/mol. The standard InChI is InChI=1S/C11H12N2S2/c1-7-5-4-6-10(12-7)13-8(2)9(3)15-11(13)14/h4-6H,1-3H3. The maximum Gasteiger partial charge on any atom is 0.167 e. The zero-order valence-corrected chi connectivity index (χ0v) is 10.6. The third-order valence-corrected chi connectivity index (χ3v) is 3.76. The van der Waals surface area contributed by atoms with E-state index in [1.807, 2.05) is 29.7 Å². The summed E-state index contributed by atoms with van der Waals surface area (Å²) >= 11 is 6.96. The molecule has 0 unspecified atom stereocenters. The molecule has 0 aliphatic heterocycles. The molecular weight excluding hydrogens is 224 g/mol. The molecule has 0 bridgehead atoms. The molecule has 78 valence electrons. The predicted molar refractivity (Wildman–Crippen MR) is 66.5 cm³/mol. The Balaban J connectivity index is 2.69. The van der Waals surface area contributed by atoms with Gasteiger partial charge >= 0.3 is 0 Å². The molecular formula is C11H12N2S2. The van der Waals surface area contributed by atoms with Crippen molar-refractivity contribution in [2.24, 2.45) is 0 Å². The van der Waals surface area contributed by atoms with E-state index in [4.69, 9.17) is 12.2 Å². The SMILES string of the molecule is Cc1cccc(-n2c(C)c(C)sc2=S)n1. The molecule has 0 saturated heterocycles. The summed E-state index contributed by atoms with van der Waals surface area (Å²) in [5.41, 5.74) is 2.20. The minimum Gasteiger partial charge on any atom is -0.280 e. The van der Waals surface area contributed by atoms with Crippen LogP contribution in [-0.4, -0.2) is 9.55 Å². The van der Waals surface area contributed by atoms with Gasteiger partial charge in [0.2, 0.25) is 0 Å². The molecule has 0 aliphatic carbocycles. The van der Waals surface area contributed by atoms with Gasteiger partial charge in [-0.25, -0.2) is 4.98 Å². The monoisotopic (exact) mass is 236 g/mol. The first-order valence-corrected chi connectivity index (χ1v) is 5.95. The first-order chi connectivity index (χ1) is 7.09. The van der Waals surface area contributed by atoms with Crippen LogP contribution in [-0.2, 0) is 0 Å². The van der Waals surface area contributed by atoms with E-state index in [0.717, 1.165) is 15.5 Å². The number of hydrogen-bond acceptors (Lipinski definition) is 3. The molecule has 2 aromatic rings. The summed E-state index contributed by atoms with van der Waals surface area (Å²) in [6.45, 7) is 6.15. The van der Waals surface area contributed by atoms with E-state index in [1.54, 1.807) is 11.3 Å². The maximum atomic E-state index is 5.33. The number of pyridine rings is 1. The van der Waals surface area contributed by atoms with Crippen LogP contribution in [0.1, 0.15) is 16.3 Å². The van der Waals surface area contributed by atoms with Gasteiger partial charge in [0.1, 0.15) is 5.82 Å². The van der Waals surface area contributed by atoms with Gasteiger partial charge in [0.25, 0.3) is 0 Å². The number of rotatable bonds is 1. The van der Waals surface area contributed by atoms with Crippen LogP contribution in [0.4, 0.5) is 0 Å². The highest BCUT2D eigenvalue weighted by atomic mass is 32.1. The minimum atomic E-state index is 0.864. The number of aromatic nitrogens is 2. The van der Waals surface area contributed by atoms with Crippen molar-refractivity contribution in [3.05, 3.63) is 38.4 Å². The van der Waals surface area contributed by atoms with E-state index in [1.165, 1.54) is 10.6 Å². The molecule has 2 rings (SSSR count). The summed E-state index contributed by atoms with van der Waals surface area (Å²) in [5.74, 6) is 0.918. The lowest BCUT2D eigenvalue weighted by Gasteiger charge is -2.05. The molecule has 4 heteroatoms. The summed E-state index contributed by atoms with van der Waals surface area (Å²) in [4.78, 5) is 5.73. The third kappa shape index (κ3) is 1.87. The van der Waals surface area contributed by atoms with Gasteiger partial charge in [0.05, 0.1) is 0 Å². The smallest absolute Gasteiger partial charge is 0.167 e. The Hall–Kier alpha value is -1.00. The quantitative estimate of drug-likeness (QED) is 0.704. The first kappa shape index (κ1) is 10.5. The second-order valence-electron chi connectivity index (χ2n) is 3.48. The Bertz CT molecular complexity index is 552. The Labute approximate surface area is 98.2 Å². The average Bonchev–Trinajstić information content (AvgIpc) is 2.41. The molecule has 0 fully saturated rings. The molecule has 0 aliphatic rings. The predicted octanol–water partition coefficient (Wildman–Crippen LogP) is 3.59. The highest BCUT2D eigenvalue weighted by Gasteiger charge is 2.07. The molecule has 0 atom stereocenters. The Kier molecular flexibility index (Phi) is 2.71. The number of hydrogen-bond donors (Lipinski definition) is 0. The van der Waals surface area contributed by atoms with Crippen LogP contribution in [0.2, 0.25) is 0 Å². The zero-order chi connectivity index (χ0) is 11.0. The summed E-state index contributed by atoms with van der Waals surface area (Å²) < 4.78 is 2.89. The second kappa shape index (κ2) is 3.87. The first-order valence-electron chi connectivity index (χ1n) is 4.72. The van der Waals surface area contributed by atoms with Gasteiger partial charge < -0.3 is 0 Å². The van der Waals surface area contributed by atoms with E-state index >= 15 is 0 Å². The lowest BCUT2D eigenvalue weighted by Crippen LogP contribution is -2.00. The largest absolute Gasteiger partial charge is 0.280 e. The van der Waals surface area contributed by atoms with Crippen molar-refractivity contribution in [2.45, 2.75) is 20.8 Å². The van der Waals surface area contributed by atoms with Crippen molar-refractivity contribution in [3.8, 4) is 5.82 Å². The summed E-state index contributed by atoms with van der Waals surface area (Å²) in [5, 5.41) is 0. The van der Waals surface area contributed by atoms with E-state index in [-0.39, 0.29) is 0 Å². The summed E-state index contributed by atoms with van der Waals surface area (Å²) in [6, 6.07) is 5.98. The van der Waals surface area contributed by atoms with Gasteiger partial charge in [0.15, 0.2) is 3.95 Å². The Morgan fingerprint density at radius 2 is 2.00 bits per heavy atom. The van der Waals surface area contributed by atoms with Crippen molar-refractivity contribution < 1.29 is 0 Å². The van der Waals surface area contributed by atoms with Crippen LogP contribution in [0.5, 0.6) is 0 Å². The normalized spacial score (nSPS) is 10.6. The van der Waals surface area contributed by atoms with Gasteiger partial charge in [-0.05, 0) is 45.1 Å². The molecule has 0 spiro atoms. The Morgan fingerprint density at radius 1 is 1.27 bits per heavy atom. The van der Waals surface area contributed by atoms with E-state index in [2.05, 4.69) is 18.8 Å². The van der Waals surface area contributed by atoms with Gasteiger partial charge in [-0.15, -0.1) is 11.3 Å². The molecule has 0 N–H and O–H groups in total. The lowest BCUT2D eigenvalue weighted by atomic mass is 10.3. The fraction of sp³-hybridized carbons (Fsp3) is 0.273. The highest BCUT2D eigenvalue weighted by molar-refractivity contribution is 7.73. The Morgan fingerprint density at radius 3 is 2.53 bits per heavy atom. The topological polar surface area (TPSA) is 17.8 Å². The fourth-order valence-electron chi connectivity index (χ4n) is 1.46. The molecule has 0 amide bonds. The third-order valence-electron chi connectivity index (χ3n) is 2.37. The molecule has 15 heavy (non-hydrogen) atoms. The van der Waals surface area contributed by atoms with Gasteiger partial charge in [0, 0.05) is 16.3 Å². The highest BCUT2D eigenvalue weighted by Crippen LogP contribution is 2.21. The van der Waals surface area contributed by atoms with Gasteiger partial charge in [-0.2, -0.15) is 0 Å². The van der Waals surface area contributed by atoms with Crippen LogP contribution in [0.3, 0.4) is 0 Å². The van der Waals surface area contributed by atoms with Gasteiger partial charge in [-0.3, -0.25) is 4.57 Å². The van der Waals surface area contributed by atoms with Crippen molar-refractivity contribution in [1.82, 2.24) is 9.55 Å². The number of thiazole rings is 1. The van der Waals surface area contributed by atoms with Crippen molar-refractivity contribution >= 4 is 23.6 Å². The van der Waals surface area contributed by atoms with Crippen molar-refractivity contribution in [1.29, 1.82) is 0 Å². The van der Waals surface area contributed by atoms with Crippen LogP contribution in [0.25, 0.3) is 5.82 Å². The molecule has 0 aromatic carbocycles. The molecule has 2 aromatic heterocycles. The van der Waals surface area contributed by atoms with E-state index in [0.29, 0.717) is 0 Å². The second-order valence-corrected chi connectivity index (χ2v) is 5.33. The summed E-state index contributed by atoms with van der Waals surface area (Å²) in [7, 11) is 0. The molecule has 0 radical (unpaired) electrons. The van der Waals surface area contributed by atoms with Crippen LogP contribution < -0.4 is 0 Å². The number of nitrogens with zero attached hydrogens (tertiary/aromatic N) is 2. The molecule has 2 nitrogen and oxygen atoms in total. The fourth-order valence-corrected chi connectivity index (χ4v) is 2.89. The molecule has 0 saturated carbocycles. The van der Waals surface area contributed by atoms with E-state index in [9.17, 15) is 0 Å². The molecule has 2 heterocycles. The van der Waals surface area contributed by atoms with Crippen LogP contribution in [0.15, 0.2) is 18.2 Å². The number of aryl methyl sites for hydroxylation is 2. The van der Waals surface area contributed by atoms with Gasteiger partial charge in [-0.1, -0.05) is 6.07 Å². The zero-order valence-electron chi connectivity index (χ0n) is 8.94. The summed E-state index contributed by atoms with van der Waals surface area (Å²) in [6.07, 6.45) is 0. The van der Waals surface area contributed by atoms with Crippen LogP contribution in [0, 0.1) is 24.7 Å². The van der Waals surface area contributed by atoms with Crippen molar-refractivity contribution in [2.75, 3.05) is 0 Å². The lowest BCUT2D eigenvalue weighted by molar-refractivity contribution is 0.934. The van der Waals surface area contributed by atoms with E-state index < -0.39 is 0 Å². The van der Waals surface area contributed by atoms with Crippen molar-refractivity contribution in [3.63, 3.8) is 0 Å².